The normalized spacial score (nSPS) is 14.1. The van der Waals surface area contributed by atoms with Gasteiger partial charge >= 0.3 is 0 Å². The first kappa shape index (κ1) is 20.5. The van der Waals surface area contributed by atoms with E-state index >= 15 is 0 Å². The fourth-order valence-electron chi connectivity index (χ4n) is 3.19. The van der Waals surface area contributed by atoms with E-state index in [2.05, 4.69) is 0 Å². The number of carbonyl (C=O) groups is 2. The maximum absolute atomic E-state index is 12.6. The highest BCUT2D eigenvalue weighted by Crippen LogP contribution is 2.26. The Labute approximate surface area is 174 Å². The molecule has 0 aromatic heterocycles. The molecule has 1 aliphatic heterocycles. The number of halogens is 2. The lowest BCUT2D eigenvalue weighted by Crippen LogP contribution is -2.51. The Balaban J connectivity index is 1.53. The van der Waals surface area contributed by atoms with Crippen LogP contribution < -0.4 is 4.74 Å². The van der Waals surface area contributed by atoms with Gasteiger partial charge in [-0.05, 0) is 49.2 Å². The molecule has 0 radical (unpaired) electrons. The average molecular weight is 421 g/mol. The molecule has 0 atom stereocenters. The first-order valence-electron chi connectivity index (χ1n) is 9.08. The van der Waals surface area contributed by atoms with Crippen molar-refractivity contribution in [3.63, 3.8) is 0 Å². The van der Waals surface area contributed by atoms with Crippen molar-refractivity contribution in [2.75, 3.05) is 32.8 Å². The molecule has 2 amide bonds. The van der Waals surface area contributed by atoms with Crippen molar-refractivity contribution in [3.05, 3.63) is 63.1 Å². The third kappa shape index (κ3) is 4.59. The average Bonchev–Trinajstić information content (AvgIpc) is 2.70. The minimum atomic E-state index is -0.110. The van der Waals surface area contributed by atoms with Gasteiger partial charge < -0.3 is 14.5 Å². The maximum Gasteiger partial charge on any atom is 0.260 e. The first-order chi connectivity index (χ1) is 13.4. The van der Waals surface area contributed by atoms with E-state index in [4.69, 9.17) is 27.9 Å². The van der Waals surface area contributed by atoms with Gasteiger partial charge in [0.05, 0.1) is 10.6 Å². The topological polar surface area (TPSA) is 49.9 Å². The van der Waals surface area contributed by atoms with Crippen LogP contribution in [0.5, 0.6) is 5.75 Å². The van der Waals surface area contributed by atoms with Gasteiger partial charge in [-0.3, -0.25) is 9.59 Å². The van der Waals surface area contributed by atoms with Crippen LogP contribution in [-0.2, 0) is 4.79 Å². The van der Waals surface area contributed by atoms with Gasteiger partial charge in [0.2, 0.25) is 0 Å². The quantitative estimate of drug-likeness (QED) is 0.751. The molecule has 2 aromatic carbocycles. The smallest absolute Gasteiger partial charge is 0.260 e. The monoisotopic (exact) mass is 420 g/mol. The van der Waals surface area contributed by atoms with Gasteiger partial charge in [0.25, 0.3) is 11.8 Å². The van der Waals surface area contributed by atoms with Gasteiger partial charge in [-0.15, -0.1) is 0 Å². The molecule has 1 fully saturated rings. The number of benzene rings is 2. The molecule has 1 saturated heterocycles. The largest absolute Gasteiger partial charge is 0.484 e. The predicted octanol–water partition coefficient (Wildman–Crippen LogP) is 3.97. The van der Waals surface area contributed by atoms with Gasteiger partial charge in [0.15, 0.2) is 6.61 Å². The highest BCUT2D eigenvalue weighted by molar-refractivity contribution is 6.33. The zero-order valence-electron chi connectivity index (χ0n) is 15.9. The standard InChI is InChI=1S/C21H22Cl2N2O3/c1-14-11-16(12-15(2)20(14)23)28-13-19(26)24-7-9-25(10-8-24)21(27)17-5-3-4-6-18(17)22/h3-6,11-12H,7-10,13H2,1-2H3. The first-order valence-corrected chi connectivity index (χ1v) is 9.83. The summed E-state index contributed by atoms with van der Waals surface area (Å²) in [6, 6.07) is 10.6. The van der Waals surface area contributed by atoms with Crippen LogP contribution in [0.15, 0.2) is 36.4 Å². The van der Waals surface area contributed by atoms with Crippen molar-refractivity contribution in [2.24, 2.45) is 0 Å². The molecule has 1 heterocycles. The molecule has 0 unspecified atom stereocenters. The molecular weight excluding hydrogens is 399 g/mol. The molecule has 0 saturated carbocycles. The van der Waals surface area contributed by atoms with Gasteiger partial charge in [-0.1, -0.05) is 35.3 Å². The molecule has 0 bridgehead atoms. The Morgan fingerprint density at radius 1 is 0.964 bits per heavy atom. The van der Waals surface area contributed by atoms with Crippen molar-refractivity contribution in [1.29, 1.82) is 0 Å². The Hall–Kier alpha value is -2.24. The number of hydrogen-bond donors (Lipinski definition) is 0. The van der Waals surface area contributed by atoms with Crippen LogP contribution in [0.3, 0.4) is 0 Å². The van der Waals surface area contributed by atoms with E-state index in [9.17, 15) is 9.59 Å². The zero-order valence-corrected chi connectivity index (χ0v) is 17.4. The summed E-state index contributed by atoms with van der Waals surface area (Å²) in [4.78, 5) is 28.5. The van der Waals surface area contributed by atoms with E-state index in [1.54, 1.807) is 34.1 Å². The summed E-state index contributed by atoms with van der Waals surface area (Å²) in [6.45, 7) is 5.63. The van der Waals surface area contributed by atoms with Gasteiger partial charge in [-0.25, -0.2) is 0 Å². The summed E-state index contributed by atoms with van der Waals surface area (Å²) < 4.78 is 5.65. The number of hydrogen-bond acceptors (Lipinski definition) is 3. The van der Waals surface area contributed by atoms with Crippen molar-refractivity contribution in [2.45, 2.75) is 13.8 Å². The third-order valence-electron chi connectivity index (χ3n) is 4.80. The SMILES string of the molecule is Cc1cc(OCC(=O)N2CCN(C(=O)c3ccccc3Cl)CC2)cc(C)c1Cl. The van der Waals surface area contributed by atoms with E-state index in [-0.39, 0.29) is 18.4 Å². The Morgan fingerprint density at radius 3 is 2.14 bits per heavy atom. The number of ether oxygens (including phenoxy) is 1. The Kier molecular flexibility index (Phi) is 6.47. The van der Waals surface area contributed by atoms with Crippen LogP contribution in [0.25, 0.3) is 0 Å². The summed E-state index contributed by atoms with van der Waals surface area (Å²) in [5.74, 6) is 0.413. The highest BCUT2D eigenvalue weighted by Gasteiger charge is 2.26. The van der Waals surface area contributed by atoms with E-state index < -0.39 is 0 Å². The second-order valence-electron chi connectivity index (χ2n) is 6.81. The summed E-state index contributed by atoms with van der Waals surface area (Å²) in [5, 5.41) is 1.14. The van der Waals surface area contributed by atoms with Crippen molar-refractivity contribution >= 4 is 35.0 Å². The number of rotatable bonds is 4. The van der Waals surface area contributed by atoms with Gasteiger partial charge in [-0.2, -0.15) is 0 Å². The molecule has 2 aromatic rings. The molecule has 3 rings (SSSR count). The summed E-state index contributed by atoms with van der Waals surface area (Å²) in [5.41, 5.74) is 2.31. The minimum Gasteiger partial charge on any atom is -0.484 e. The van der Waals surface area contributed by atoms with Crippen LogP contribution in [0.4, 0.5) is 0 Å². The van der Waals surface area contributed by atoms with Crippen LogP contribution in [0.1, 0.15) is 21.5 Å². The van der Waals surface area contributed by atoms with E-state index in [1.165, 1.54) is 0 Å². The zero-order chi connectivity index (χ0) is 20.3. The van der Waals surface area contributed by atoms with E-state index in [0.29, 0.717) is 47.5 Å². The fourth-order valence-corrected chi connectivity index (χ4v) is 3.52. The van der Waals surface area contributed by atoms with Crippen molar-refractivity contribution in [1.82, 2.24) is 9.80 Å². The lowest BCUT2D eigenvalue weighted by atomic mass is 10.1. The van der Waals surface area contributed by atoms with Gasteiger partial charge in [0, 0.05) is 31.2 Å². The lowest BCUT2D eigenvalue weighted by molar-refractivity contribution is -0.134. The van der Waals surface area contributed by atoms with Crippen LogP contribution in [0.2, 0.25) is 10.0 Å². The van der Waals surface area contributed by atoms with E-state index in [1.807, 2.05) is 26.0 Å². The summed E-state index contributed by atoms with van der Waals surface area (Å²) in [7, 11) is 0. The molecule has 1 aliphatic rings. The van der Waals surface area contributed by atoms with Gasteiger partial charge in [0.1, 0.15) is 5.75 Å². The molecule has 7 heteroatoms. The van der Waals surface area contributed by atoms with Crippen molar-refractivity contribution in [3.8, 4) is 5.75 Å². The molecule has 28 heavy (non-hydrogen) atoms. The molecule has 0 N–H and O–H groups in total. The number of piperazine rings is 1. The summed E-state index contributed by atoms with van der Waals surface area (Å²) >= 11 is 12.3. The lowest BCUT2D eigenvalue weighted by Gasteiger charge is -2.34. The number of aryl methyl sites for hydroxylation is 2. The highest BCUT2D eigenvalue weighted by atomic mass is 35.5. The summed E-state index contributed by atoms with van der Waals surface area (Å²) in [6.07, 6.45) is 0. The molecule has 148 valence electrons. The third-order valence-corrected chi connectivity index (χ3v) is 5.72. The van der Waals surface area contributed by atoms with Crippen LogP contribution >= 0.6 is 23.2 Å². The number of carbonyl (C=O) groups excluding carboxylic acids is 2. The molecule has 0 spiro atoms. The number of amides is 2. The minimum absolute atomic E-state index is 0.0427. The second kappa shape index (κ2) is 8.84. The molecular formula is C21H22Cl2N2O3. The molecule has 5 nitrogen and oxygen atoms in total. The van der Waals surface area contributed by atoms with Crippen LogP contribution in [0, 0.1) is 13.8 Å². The Morgan fingerprint density at radius 2 is 1.54 bits per heavy atom. The second-order valence-corrected chi connectivity index (χ2v) is 7.60. The predicted molar refractivity (Wildman–Crippen MR) is 110 cm³/mol. The number of nitrogens with zero attached hydrogens (tertiary/aromatic N) is 2. The van der Waals surface area contributed by atoms with Crippen molar-refractivity contribution < 1.29 is 14.3 Å². The Bertz CT molecular complexity index is 870. The van der Waals surface area contributed by atoms with E-state index in [0.717, 1.165) is 11.1 Å². The molecule has 0 aliphatic carbocycles. The fraction of sp³-hybridized carbons (Fsp3) is 0.333. The maximum atomic E-state index is 12.6. The van der Waals surface area contributed by atoms with Crippen LogP contribution in [-0.4, -0.2) is 54.4 Å².